The molecule has 3 nitrogen and oxygen atoms in total. The van der Waals surface area contributed by atoms with Crippen molar-refractivity contribution in [2.75, 3.05) is 7.11 Å². The van der Waals surface area contributed by atoms with Gasteiger partial charge in [0.15, 0.2) is 5.78 Å². The lowest BCUT2D eigenvalue weighted by Gasteiger charge is -2.08. The minimum absolute atomic E-state index is 0.0689. The molecular formula is C11H8ClF3O3. The number of hydrogen-bond donors (Lipinski definition) is 0. The number of carbonyl (C=O) groups excluding carboxylic acids is 2. The Bertz CT molecular complexity index is 483. The Morgan fingerprint density at radius 3 is 2.44 bits per heavy atom. The van der Waals surface area contributed by atoms with E-state index in [4.69, 9.17) is 16.3 Å². The van der Waals surface area contributed by atoms with Gasteiger partial charge in [-0.25, -0.2) is 0 Å². The van der Waals surface area contributed by atoms with Crippen LogP contribution in [-0.2, 0) is 4.79 Å². The molecule has 0 atom stereocenters. The number of benzene rings is 1. The highest BCUT2D eigenvalue weighted by Gasteiger charge is 2.39. The van der Waals surface area contributed by atoms with Gasteiger partial charge in [-0.1, -0.05) is 11.6 Å². The molecule has 1 aromatic carbocycles. The van der Waals surface area contributed by atoms with Gasteiger partial charge in [-0.3, -0.25) is 9.59 Å². The van der Waals surface area contributed by atoms with Crippen LogP contribution in [0.4, 0.5) is 13.2 Å². The van der Waals surface area contributed by atoms with E-state index in [1.165, 1.54) is 19.2 Å². The molecular weight excluding hydrogens is 273 g/mol. The maximum atomic E-state index is 12.0. The maximum Gasteiger partial charge on any atom is 0.450 e. The second kappa shape index (κ2) is 5.39. The van der Waals surface area contributed by atoms with Crippen LogP contribution in [0.25, 0.3) is 0 Å². The fraction of sp³-hybridized carbons (Fsp3) is 0.273. The molecule has 0 amide bonds. The van der Waals surface area contributed by atoms with E-state index in [1.54, 1.807) is 0 Å². The van der Waals surface area contributed by atoms with Crippen LogP contribution in [0.1, 0.15) is 16.8 Å². The molecule has 0 bridgehead atoms. The van der Waals surface area contributed by atoms with Crippen molar-refractivity contribution < 1.29 is 27.5 Å². The number of ketones is 2. The summed E-state index contributed by atoms with van der Waals surface area (Å²) in [5, 5.41) is 0.165. The van der Waals surface area contributed by atoms with E-state index < -0.39 is 24.2 Å². The summed E-state index contributed by atoms with van der Waals surface area (Å²) in [6.07, 6.45) is -6.29. The number of Topliss-reactive ketones (excluding diaryl/α,β-unsaturated/α-hetero) is 2. The largest absolute Gasteiger partial charge is 0.496 e. The Morgan fingerprint density at radius 1 is 1.33 bits per heavy atom. The van der Waals surface area contributed by atoms with Gasteiger partial charge in [-0.2, -0.15) is 13.2 Å². The number of methoxy groups -OCH3 is 1. The van der Waals surface area contributed by atoms with Crippen molar-refractivity contribution in [3.8, 4) is 5.75 Å². The summed E-state index contributed by atoms with van der Waals surface area (Å²) >= 11 is 5.63. The molecule has 0 saturated heterocycles. The molecule has 7 heteroatoms. The Labute approximate surface area is 105 Å². The smallest absolute Gasteiger partial charge is 0.450 e. The first kappa shape index (κ1) is 14.5. The second-order valence-electron chi connectivity index (χ2n) is 3.37. The van der Waals surface area contributed by atoms with E-state index in [1.807, 2.05) is 0 Å². The van der Waals surface area contributed by atoms with Gasteiger partial charge < -0.3 is 4.74 Å². The minimum atomic E-state index is -5.03. The molecule has 1 rings (SSSR count). The number of ether oxygens (including phenoxy) is 1. The zero-order valence-corrected chi connectivity index (χ0v) is 9.93. The van der Waals surface area contributed by atoms with Gasteiger partial charge in [0.05, 0.1) is 19.1 Å². The highest BCUT2D eigenvalue weighted by Crippen LogP contribution is 2.26. The average Bonchev–Trinajstić information content (AvgIpc) is 2.27. The predicted octanol–water partition coefficient (Wildman–Crippen LogP) is 3.05. The van der Waals surface area contributed by atoms with Crippen molar-refractivity contribution in [3.05, 3.63) is 28.8 Å². The number of alkyl halides is 3. The zero-order valence-electron chi connectivity index (χ0n) is 9.18. The van der Waals surface area contributed by atoms with Gasteiger partial charge in [0.2, 0.25) is 5.78 Å². The Hall–Kier alpha value is -1.56. The predicted molar refractivity (Wildman–Crippen MR) is 58.0 cm³/mol. The normalized spacial score (nSPS) is 11.2. The third kappa shape index (κ3) is 3.46. The van der Waals surface area contributed by atoms with Crippen LogP contribution in [0.3, 0.4) is 0 Å². The summed E-state index contributed by atoms with van der Waals surface area (Å²) < 4.78 is 40.9. The molecule has 18 heavy (non-hydrogen) atoms. The van der Waals surface area contributed by atoms with Crippen molar-refractivity contribution in [3.63, 3.8) is 0 Å². The number of rotatable bonds is 4. The van der Waals surface area contributed by atoms with Crippen molar-refractivity contribution in [1.29, 1.82) is 0 Å². The molecule has 0 spiro atoms. The number of halogens is 4. The zero-order chi connectivity index (χ0) is 13.9. The molecule has 98 valence electrons. The Morgan fingerprint density at radius 2 is 1.94 bits per heavy atom. The Balaban J connectivity index is 2.98. The highest BCUT2D eigenvalue weighted by molar-refractivity contribution is 6.31. The number of carbonyl (C=O) groups is 2. The minimum Gasteiger partial charge on any atom is -0.496 e. The molecule has 1 aromatic rings. The quantitative estimate of drug-likeness (QED) is 0.629. The Kier molecular flexibility index (Phi) is 4.34. The van der Waals surface area contributed by atoms with Gasteiger partial charge in [0, 0.05) is 5.02 Å². The summed E-state index contributed by atoms with van der Waals surface area (Å²) in [5.74, 6) is -3.02. The van der Waals surface area contributed by atoms with Crippen LogP contribution in [0.5, 0.6) is 5.75 Å². The molecule has 0 saturated carbocycles. The first-order valence-corrected chi connectivity index (χ1v) is 5.10. The van der Waals surface area contributed by atoms with Crippen LogP contribution >= 0.6 is 11.6 Å². The van der Waals surface area contributed by atoms with E-state index in [0.29, 0.717) is 0 Å². The van der Waals surface area contributed by atoms with Gasteiger partial charge in [-0.15, -0.1) is 0 Å². The van der Waals surface area contributed by atoms with Gasteiger partial charge in [0.25, 0.3) is 0 Å². The second-order valence-corrected chi connectivity index (χ2v) is 3.80. The van der Waals surface area contributed by atoms with Crippen LogP contribution in [0.2, 0.25) is 5.02 Å². The lowest BCUT2D eigenvalue weighted by molar-refractivity contribution is -0.170. The first-order valence-electron chi connectivity index (χ1n) is 4.72. The van der Waals surface area contributed by atoms with Crippen molar-refractivity contribution in [2.45, 2.75) is 12.6 Å². The summed E-state index contributed by atoms with van der Waals surface area (Å²) in [6, 6.07) is 3.92. The third-order valence-corrected chi connectivity index (χ3v) is 2.33. The van der Waals surface area contributed by atoms with Gasteiger partial charge >= 0.3 is 6.18 Å². The van der Waals surface area contributed by atoms with Crippen molar-refractivity contribution in [1.82, 2.24) is 0 Å². The van der Waals surface area contributed by atoms with E-state index in [-0.39, 0.29) is 16.3 Å². The molecule has 0 aliphatic heterocycles. The van der Waals surface area contributed by atoms with Crippen LogP contribution < -0.4 is 4.74 Å². The molecule has 0 aliphatic rings. The maximum absolute atomic E-state index is 12.0. The first-order chi connectivity index (χ1) is 8.25. The summed E-state index contributed by atoms with van der Waals surface area (Å²) in [5.41, 5.74) is -0.150. The summed E-state index contributed by atoms with van der Waals surface area (Å²) in [4.78, 5) is 22.3. The van der Waals surface area contributed by atoms with Crippen molar-refractivity contribution in [2.24, 2.45) is 0 Å². The van der Waals surface area contributed by atoms with Crippen LogP contribution in [0, 0.1) is 0 Å². The van der Waals surface area contributed by atoms with E-state index >= 15 is 0 Å². The highest BCUT2D eigenvalue weighted by atomic mass is 35.5. The topological polar surface area (TPSA) is 43.4 Å². The molecule has 0 heterocycles. The van der Waals surface area contributed by atoms with E-state index in [9.17, 15) is 22.8 Å². The standard InChI is InChI=1S/C11H8ClF3O3/c1-18-9-3-2-6(12)4-7(9)8(16)5-10(17)11(13,14)15/h2-4H,5H2,1H3. The van der Waals surface area contributed by atoms with Crippen LogP contribution in [-0.4, -0.2) is 24.9 Å². The van der Waals surface area contributed by atoms with Gasteiger partial charge in [0.1, 0.15) is 5.75 Å². The van der Waals surface area contributed by atoms with Crippen LogP contribution in [0.15, 0.2) is 18.2 Å². The molecule has 0 N–H and O–H groups in total. The van der Waals surface area contributed by atoms with Gasteiger partial charge in [-0.05, 0) is 18.2 Å². The molecule has 0 aliphatic carbocycles. The molecule has 0 aromatic heterocycles. The fourth-order valence-corrected chi connectivity index (χ4v) is 1.41. The SMILES string of the molecule is COc1ccc(Cl)cc1C(=O)CC(=O)C(F)(F)F. The average molecular weight is 281 g/mol. The summed E-state index contributed by atoms with van der Waals surface area (Å²) in [7, 11) is 1.26. The van der Waals surface area contributed by atoms with E-state index in [2.05, 4.69) is 0 Å². The molecule has 0 radical (unpaired) electrons. The lowest BCUT2D eigenvalue weighted by Crippen LogP contribution is -2.25. The van der Waals surface area contributed by atoms with E-state index in [0.717, 1.165) is 6.07 Å². The molecule has 0 unspecified atom stereocenters. The van der Waals surface area contributed by atoms with Crippen molar-refractivity contribution >= 4 is 23.2 Å². The fourth-order valence-electron chi connectivity index (χ4n) is 1.24. The third-order valence-electron chi connectivity index (χ3n) is 2.10. The lowest BCUT2D eigenvalue weighted by atomic mass is 10.0. The summed E-state index contributed by atoms with van der Waals surface area (Å²) in [6.45, 7) is 0. The molecule has 0 fully saturated rings. The number of hydrogen-bond acceptors (Lipinski definition) is 3. The monoisotopic (exact) mass is 280 g/mol.